The van der Waals surface area contributed by atoms with Gasteiger partial charge < -0.3 is 20.1 Å². The Morgan fingerprint density at radius 2 is 1.86 bits per heavy atom. The Labute approximate surface area is 157 Å². The lowest BCUT2D eigenvalue weighted by molar-refractivity contribution is -0.0891. The van der Waals surface area contributed by atoms with Crippen LogP contribution in [0.2, 0.25) is 0 Å². The molecule has 1 aliphatic rings. The zero-order valence-corrected chi connectivity index (χ0v) is 15.3. The van der Waals surface area contributed by atoms with Gasteiger partial charge in [-0.15, -0.1) is 0 Å². The summed E-state index contributed by atoms with van der Waals surface area (Å²) in [5.74, 6) is -1.52. The maximum atomic E-state index is 13.9. The summed E-state index contributed by atoms with van der Waals surface area (Å²) in [6.45, 7) is 0.796. The quantitative estimate of drug-likeness (QED) is 0.453. The van der Waals surface area contributed by atoms with Gasteiger partial charge in [0.25, 0.3) is 10.6 Å². The van der Waals surface area contributed by atoms with Crippen LogP contribution in [-0.4, -0.2) is 58.2 Å². The van der Waals surface area contributed by atoms with Crippen molar-refractivity contribution in [2.45, 2.75) is 35.2 Å². The van der Waals surface area contributed by atoms with E-state index in [0.29, 0.717) is 5.56 Å². The Balaban J connectivity index is 2.37. The normalized spacial score (nSPS) is 27.8. The molecule has 1 saturated heterocycles. The number of aliphatic hydroxyl groups excluding tert-OH is 3. The maximum absolute atomic E-state index is 13.9. The molecule has 12 heteroatoms. The standard InChI is InChI=1S/C16H17FN2O8S/c1-8-2-4-9(5-3-8)28(25,26)16(13(22)12(21)11(7-20)27-16)19-6-10(17)14(23)18-15(19)24/h2-6,11-13,20-22H,7H2,1H3,(H,18,23,24)/t11-,12-,13-,16+/m1/s1. The Bertz CT molecular complexity index is 1110. The molecule has 2 aromatic rings. The fraction of sp³-hybridized carbons (Fsp3) is 0.375. The van der Waals surface area contributed by atoms with Crippen molar-refractivity contribution in [1.29, 1.82) is 0 Å². The Morgan fingerprint density at radius 1 is 1.25 bits per heavy atom. The van der Waals surface area contributed by atoms with Gasteiger partial charge in [-0.2, -0.15) is 4.39 Å². The van der Waals surface area contributed by atoms with E-state index in [2.05, 4.69) is 0 Å². The van der Waals surface area contributed by atoms with Crippen LogP contribution in [0.1, 0.15) is 5.56 Å². The van der Waals surface area contributed by atoms with Gasteiger partial charge in [0, 0.05) is 0 Å². The molecule has 28 heavy (non-hydrogen) atoms. The van der Waals surface area contributed by atoms with Crippen molar-refractivity contribution < 1.29 is 32.9 Å². The van der Waals surface area contributed by atoms with Crippen molar-refractivity contribution in [2.75, 3.05) is 6.61 Å². The zero-order valence-electron chi connectivity index (χ0n) is 14.4. The number of sulfone groups is 1. The van der Waals surface area contributed by atoms with E-state index < -0.39 is 61.8 Å². The first kappa shape index (κ1) is 20.4. The number of benzene rings is 1. The van der Waals surface area contributed by atoms with Gasteiger partial charge in [-0.3, -0.25) is 14.3 Å². The third-order valence-electron chi connectivity index (χ3n) is 4.53. The molecule has 1 aromatic heterocycles. The van der Waals surface area contributed by atoms with E-state index in [1.54, 1.807) is 11.9 Å². The molecule has 0 spiro atoms. The molecule has 1 aromatic carbocycles. The van der Waals surface area contributed by atoms with Crippen LogP contribution < -0.4 is 11.2 Å². The van der Waals surface area contributed by atoms with Gasteiger partial charge in [-0.1, -0.05) is 17.7 Å². The number of rotatable bonds is 4. The van der Waals surface area contributed by atoms with E-state index in [4.69, 9.17) is 4.74 Å². The third kappa shape index (κ3) is 2.81. The third-order valence-corrected chi connectivity index (χ3v) is 6.73. The van der Waals surface area contributed by atoms with Crippen LogP contribution in [0.25, 0.3) is 0 Å². The maximum Gasteiger partial charge on any atom is 0.331 e. The molecule has 4 N–H and O–H groups in total. The molecule has 0 amide bonds. The predicted octanol–water partition coefficient (Wildman–Crippen LogP) is -1.82. The molecule has 0 unspecified atom stereocenters. The molecule has 4 atom stereocenters. The van der Waals surface area contributed by atoms with Crippen LogP contribution in [0.4, 0.5) is 4.39 Å². The highest BCUT2D eigenvalue weighted by Gasteiger charge is 2.64. The van der Waals surface area contributed by atoms with Crippen molar-refractivity contribution in [1.82, 2.24) is 9.55 Å². The number of hydrogen-bond acceptors (Lipinski definition) is 8. The summed E-state index contributed by atoms with van der Waals surface area (Å²) in [4.78, 5) is 24.8. The fourth-order valence-corrected chi connectivity index (χ4v) is 4.97. The molecule has 0 aliphatic carbocycles. The van der Waals surface area contributed by atoms with Gasteiger partial charge in [-0.05, 0) is 19.1 Å². The van der Waals surface area contributed by atoms with Crippen molar-refractivity contribution >= 4 is 9.84 Å². The van der Waals surface area contributed by atoms with E-state index in [-0.39, 0.29) is 10.8 Å². The number of nitrogens with one attached hydrogen (secondary N) is 1. The molecule has 0 saturated carbocycles. The number of nitrogens with zero attached hydrogens (tertiary/aromatic N) is 1. The topological polar surface area (TPSA) is 159 Å². The smallest absolute Gasteiger partial charge is 0.331 e. The largest absolute Gasteiger partial charge is 0.394 e. The number of aryl methyl sites for hydroxylation is 1. The second kappa shape index (κ2) is 6.90. The minimum atomic E-state index is -4.82. The van der Waals surface area contributed by atoms with E-state index in [1.807, 2.05) is 0 Å². The number of aromatic amines is 1. The highest BCUT2D eigenvalue weighted by molar-refractivity contribution is 7.92. The Kier molecular flexibility index (Phi) is 5.02. The van der Waals surface area contributed by atoms with Gasteiger partial charge in [-0.25, -0.2) is 13.2 Å². The van der Waals surface area contributed by atoms with Crippen LogP contribution >= 0.6 is 0 Å². The van der Waals surface area contributed by atoms with Gasteiger partial charge in [0.2, 0.25) is 15.7 Å². The van der Waals surface area contributed by atoms with Gasteiger partial charge in [0.05, 0.1) is 17.7 Å². The zero-order chi connectivity index (χ0) is 20.9. The average Bonchev–Trinajstić information content (AvgIpc) is 2.91. The Morgan fingerprint density at radius 3 is 2.39 bits per heavy atom. The molecule has 0 radical (unpaired) electrons. The second-order valence-corrected chi connectivity index (χ2v) is 8.39. The second-order valence-electron chi connectivity index (χ2n) is 6.33. The Hall–Kier alpha value is -2.38. The predicted molar refractivity (Wildman–Crippen MR) is 91.6 cm³/mol. The molecule has 0 bridgehead atoms. The average molecular weight is 416 g/mol. The van der Waals surface area contributed by atoms with Gasteiger partial charge >= 0.3 is 5.69 Å². The highest BCUT2D eigenvalue weighted by atomic mass is 32.2. The minimum Gasteiger partial charge on any atom is -0.394 e. The van der Waals surface area contributed by atoms with Gasteiger partial charge in [0.15, 0.2) is 0 Å². The van der Waals surface area contributed by atoms with Gasteiger partial charge in [0.1, 0.15) is 18.3 Å². The molecule has 3 rings (SSSR count). The highest BCUT2D eigenvalue weighted by Crippen LogP contribution is 2.42. The molecule has 10 nitrogen and oxygen atoms in total. The van der Waals surface area contributed by atoms with Crippen molar-refractivity contribution in [3.8, 4) is 0 Å². The summed E-state index contributed by atoms with van der Waals surface area (Å²) in [6, 6.07) is 5.23. The fourth-order valence-electron chi connectivity index (χ4n) is 3.04. The summed E-state index contributed by atoms with van der Waals surface area (Å²) in [7, 11) is -4.82. The number of halogens is 1. The first-order chi connectivity index (χ1) is 13.1. The SMILES string of the molecule is Cc1ccc(S(=O)(=O)[C@@]2(n3cc(F)c(=O)[nH]c3=O)O[C@H](CO)[C@@H](O)[C@H]2O)cc1. The van der Waals surface area contributed by atoms with E-state index in [1.165, 1.54) is 24.3 Å². The van der Waals surface area contributed by atoms with Crippen LogP contribution in [0.3, 0.4) is 0 Å². The van der Waals surface area contributed by atoms with Crippen LogP contribution in [0.5, 0.6) is 0 Å². The number of aliphatic hydroxyl groups is 3. The van der Waals surface area contributed by atoms with Crippen LogP contribution in [0.15, 0.2) is 44.9 Å². The van der Waals surface area contributed by atoms with Crippen molar-refractivity contribution in [3.05, 3.63) is 62.7 Å². The first-order valence-corrected chi connectivity index (χ1v) is 9.52. The molecule has 1 fully saturated rings. The van der Waals surface area contributed by atoms with E-state index >= 15 is 0 Å². The lowest BCUT2D eigenvalue weighted by Crippen LogP contribution is -2.56. The monoisotopic (exact) mass is 416 g/mol. The summed E-state index contributed by atoms with van der Waals surface area (Å²) < 4.78 is 46.1. The summed E-state index contributed by atoms with van der Waals surface area (Å²) >= 11 is 0. The summed E-state index contributed by atoms with van der Waals surface area (Å²) in [5.41, 5.74) is -2.09. The molecule has 152 valence electrons. The van der Waals surface area contributed by atoms with Crippen LogP contribution in [0, 0.1) is 12.7 Å². The number of aromatic nitrogens is 2. The number of hydrogen-bond donors (Lipinski definition) is 4. The lowest BCUT2D eigenvalue weighted by atomic mass is 10.1. The first-order valence-electron chi connectivity index (χ1n) is 8.04. The van der Waals surface area contributed by atoms with Crippen LogP contribution in [-0.2, 0) is 19.6 Å². The molecular formula is C16H17FN2O8S. The van der Waals surface area contributed by atoms with Crippen molar-refractivity contribution in [2.24, 2.45) is 0 Å². The summed E-state index contributed by atoms with van der Waals surface area (Å²) in [6.07, 6.45) is -5.55. The van der Waals surface area contributed by atoms with E-state index in [9.17, 15) is 37.7 Å². The summed E-state index contributed by atoms with van der Waals surface area (Å²) in [5, 5.41) is 27.0. The molecule has 2 heterocycles. The minimum absolute atomic E-state index is 0.155. The van der Waals surface area contributed by atoms with Crippen molar-refractivity contribution in [3.63, 3.8) is 0 Å². The van der Waals surface area contributed by atoms with E-state index in [0.717, 1.165) is 0 Å². The molecule has 1 aliphatic heterocycles. The lowest BCUT2D eigenvalue weighted by Gasteiger charge is -2.33. The molecular weight excluding hydrogens is 399 g/mol. The number of H-pyrrole nitrogens is 1. The number of ether oxygens (including phenoxy) is 1.